The molecule has 1 rings (SSSR count). The van der Waals surface area contributed by atoms with Crippen molar-refractivity contribution in [3.63, 3.8) is 0 Å². The number of rotatable bonds is 5. The molecule has 2 heteroatoms. The first-order valence-electron chi connectivity index (χ1n) is 7.00. The van der Waals surface area contributed by atoms with E-state index in [2.05, 4.69) is 32.6 Å². The summed E-state index contributed by atoms with van der Waals surface area (Å²) in [5.74, 6) is 0.814. The molecule has 0 heterocycles. The van der Waals surface area contributed by atoms with Crippen LogP contribution in [-0.4, -0.2) is 29.6 Å². The quantitative estimate of drug-likeness (QED) is 0.781. The molecule has 1 fully saturated rings. The van der Waals surface area contributed by atoms with Gasteiger partial charge in [0, 0.05) is 18.1 Å². The van der Waals surface area contributed by atoms with E-state index in [1.165, 1.54) is 38.6 Å². The average molecular weight is 226 g/mol. The molecule has 16 heavy (non-hydrogen) atoms. The largest absolute Gasteiger partial charge is 0.324 e. The first-order chi connectivity index (χ1) is 7.47. The summed E-state index contributed by atoms with van der Waals surface area (Å²) in [6.07, 6.45) is 6.33. The third-order valence-corrected chi connectivity index (χ3v) is 3.89. The highest BCUT2D eigenvalue weighted by Crippen LogP contribution is 2.31. The molecule has 0 spiro atoms. The van der Waals surface area contributed by atoms with Crippen molar-refractivity contribution < 1.29 is 0 Å². The van der Waals surface area contributed by atoms with Gasteiger partial charge in [-0.1, -0.05) is 26.7 Å². The maximum Gasteiger partial charge on any atom is 0.0286 e. The van der Waals surface area contributed by atoms with Gasteiger partial charge in [-0.05, 0) is 45.6 Å². The molecule has 96 valence electrons. The third kappa shape index (κ3) is 4.06. The summed E-state index contributed by atoms with van der Waals surface area (Å²) in [7, 11) is 0. The fourth-order valence-corrected chi connectivity index (χ4v) is 3.06. The zero-order valence-electron chi connectivity index (χ0n) is 11.6. The number of hydrogen-bond donors (Lipinski definition) is 1. The molecule has 0 amide bonds. The maximum atomic E-state index is 6.58. The van der Waals surface area contributed by atoms with E-state index < -0.39 is 0 Å². The summed E-state index contributed by atoms with van der Waals surface area (Å²) in [5.41, 5.74) is 6.66. The van der Waals surface area contributed by atoms with Gasteiger partial charge in [-0.25, -0.2) is 0 Å². The Balaban J connectivity index is 2.54. The first kappa shape index (κ1) is 14.0. The van der Waals surface area contributed by atoms with Crippen molar-refractivity contribution in [2.45, 2.75) is 71.4 Å². The van der Waals surface area contributed by atoms with Gasteiger partial charge in [-0.15, -0.1) is 0 Å². The molecule has 0 bridgehead atoms. The van der Waals surface area contributed by atoms with Crippen LogP contribution in [0.2, 0.25) is 0 Å². The number of nitrogens with two attached hydrogens (primary N) is 1. The summed E-state index contributed by atoms with van der Waals surface area (Å²) < 4.78 is 0. The zero-order valence-corrected chi connectivity index (χ0v) is 11.6. The normalized spacial score (nSPS) is 31.3. The maximum absolute atomic E-state index is 6.58. The van der Waals surface area contributed by atoms with Crippen molar-refractivity contribution in [3.8, 4) is 0 Å². The topological polar surface area (TPSA) is 29.3 Å². The molecule has 0 saturated heterocycles. The smallest absolute Gasteiger partial charge is 0.0286 e. The molecule has 0 aromatic carbocycles. The molecule has 2 N–H and O–H groups in total. The van der Waals surface area contributed by atoms with Crippen molar-refractivity contribution >= 4 is 0 Å². The minimum Gasteiger partial charge on any atom is -0.324 e. The average Bonchev–Trinajstić information content (AvgIpc) is 2.16. The van der Waals surface area contributed by atoms with Crippen LogP contribution in [0.25, 0.3) is 0 Å². The molecule has 0 aromatic rings. The SMILES string of the molecule is CCCN(CC1(N)CCCC(C)C1)C(C)C. The molecular weight excluding hydrogens is 196 g/mol. The molecular formula is C14H30N2. The first-order valence-corrected chi connectivity index (χ1v) is 7.00. The summed E-state index contributed by atoms with van der Waals surface area (Å²) in [6, 6.07) is 0.623. The highest BCUT2D eigenvalue weighted by Gasteiger charge is 2.33. The van der Waals surface area contributed by atoms with Gasteiger partial charge in [0.15, 0.2) is 0 Å². The Bertz CT molecular complexity index is 203. The Labute approximate surface area is 102 Å². The van der Waals surface area contributed by atoms with Crippen molar-refractivity contribution in [3.05, 3.63) is 0 Å². The molecule has 1 saturated carbocycles. The van der Waals surface area contributed by atoms with Crippen LogP contribution in [0.3, 0.4) is 0 Å². The van der Waals surface area contributed by atoms with E-state index in [4.69, 9.17) is 5.73 Å². The predicted molar refractivity (Wildman–Crippen MR) is 71.6 cm³/mol. The molecule has 0 aromatic heterocycles. The van der Waals surface area contributed by atoms with Gasteiger partial charge in [-0.2, -0.15) is 0 Å². The lowest BCUT2D eigenvalue weighted by atomic mass is 9.76. The number of nitrogens with zero attached hydrogens (tertiary/aromatic N) is 1. The Morgan fingerprint density at radius 2 is 2.12 bits per heavy atom. The number of hydrogen-bond acceptors (Lipinski definition) is 2. The van der Waals surface area contributed by atoms with E-state index in [0.29, 0.717) is 6.04 Å². The van der Waals surface area contributed by atoms with Gasteiger partial charge in [-0.3, -0.25) is 4.90 Å². The second-order valence-electron chi connectivity index (χ2n) is 6.13. The monoisotopic (exact) mass is 226 g/mol. The molecule has 0 aliphatic heterocycles. The van der Waals surface area contributed by atoms with E-state index in [9.17, 15) is 0 Å². The summed E-state index contributed by atoms with van der Waals surface area (Å²) >= 11 is 0. The summed E-state index contributed by atoms with van der Waals surface area (Å²) in [4.78, 5) is 2.55. The Morgan fingerprint density at radius 3 is 2.62 bits per heavy atom. The van der Waals surface area contributed by atoms with Crippen LogP contribution in [0.5, 0.6) is 0 Å². The molecule has 1 aliphatic carbocycles. The van der Waals surface area contributed by atoms with Crippen LogP contribution in [0.4, 0.5) is 0 Å². The van der Waals surface area contributed by atoms with E-state index in [-0.39, 0.29) is 5.54 Å². The lowest BCUT2D eigenvalue weighted by Crippen LogP contribution is -2.54. The van der Waals surface area contributed by atoms with Gasteiger partial charge < -0.3 is 5.73 Å². The molecule has 2 atom stereocenters. The van der Waals surface area contributed by atoms with E-state index in [1.54, 1.807) is 0 Å². The van der Waals surface area contributed by atoms with Crippen LogP contribution in [0, 0.1) is 5.92 Å². The van der Waals surface area contributed by atoms with Crippen LogP contribution < -0.4 is 5.73 Å². The van der Waals surface area contributed by atoms with Gasteiger partial charge >= 0.3 is 0 Å². The standard InChI is InChI=1S/C14H30N2/c1-5-9-16(12(2)3)11-14(15)8-6-7-13(4)10-14/h12-13H,5-11,15H2,1-4H3. The van der Waals surface area contributed by atoms with Crippen molar-refractivity contribution in [2.75, 3.05) is 13.1 Å². The molecule has 1 aliphatic rings. The summed E-state index contributed by atoms with van der Waals surface area (Å²) in [5, 5.41) is 0. The van der Waals surface area contributed by atoms with E-state index in [0.717, 1.165) is 12.5 Å². The lowest BCUT2D eigenvalue weighted by Gasteiger charge is -2.41. The predicted octanol–water partition coefficient (Wildman–Crippen LogP) is 3.01. The van der Waals surface area contributed by atoms with E-state index >= 15 is 0 Å². The lowest BCUT2D eigenvalue weighted by molar-refractivity contribution is 0.127. The minimum absolute atomic E-state index is 0.0805. The van der Waals surface area contributed by atoms with Crippen LogP contribution in [-0.2, 0) is 0 Å². The molecule has 2 unspecified atom stereocenters. The van der Waals surface area contributed by atoms with Crippen LogP contribution >= 0.6 is 0 Å². The Hall–Kier alpha value is -0.0800. The fourth-order valence-electron chi connectivity index (χ4n) is 3.06. The molecule has 0 radical (unpaired) electrons. The van der Waals surface area contributed by atoms with Gasteiger partial charge in [0.1, 0.15) is 0 Å². The summed E-state index contributed by atoms with van der Waals surface area (Å²) in [6.45, 7) is 11.4. The second kappa shape index (κ2) is 6.02. The minimum atomic E-state index is 0.0805. The Morgan fingerprint density at radius 1 is 1.44 bits per heavy atom. The van der Waals surface area contributed by atoms with Gasteiger partial charge in [0.05, 0.1) is 0 Å². The van der Waals surface area contributed by atoms with Gasteiger partial charge in [0.2, 0.25) is 0 Å². The van der Waals surface area contributed by atoms with Gasteiger partial charge in [0.25, 0.3) is 0 Å². The molecule has 2 nitrogen and oxygen atoms in total. The van der Waals surface area contributed by atoms with Crippen molar-refractivity contribution in [2.24, 2.45) is 11.7 Å². The zero-order chi connectivity index (χ0) is 12.2. The van der Waals surface area contributed by atoms with Crippen LogP contribution in [0.15, 0.2) is 0 Å². The highest BCUT2D eigenvalue weighted by atomic mass is 15.2. The highest BCUT2D eigenvalue weighted by molar-refractivity contribution is 4.92. The van der Waals surface area contributed by atoms with Crippen LogP contribution in [0.1, 0.15) is 59.8 Å². The second-order valence-corrected chi connectivity index (χ2v) is 6.13. The van der Waals surface area contributed by atoms with E-state index in [1.807, 2.05) is 0 Å². The van der Waals surface area contributed by atoms with Crippen molar-refractivity contribution in [1.29, 1.82) is 0 Å². The Kier molecular flexibility index (Phi) is 5.26. The third-order valence-electron chi connectivity index (χ3n) is 3.89. The van der Waals surface area contributed by atoms with Crippen molar-refractivity contribution in [1.82, 2.24) is 4.90 Å². The fraction of sp³-hybridized carbons (Fsp3) is 1.00.